The lowest BCUT2D eigenvalue weighted by Crippen LogP contribution is -2.24. The number of carbonyl (C=O) groups is 1. The number of hydrogen-bond acceptors (Lipinski definition) is 1. The second-order valence-electron chi connectivity index (χ2n) is 5.58. The molecule has 0 saturated carbocycles. The molecule has 0 aliphatic heterocycles. The first-order chi connectivity index (χ1) is 6.28. The van der Waals surface area contributed by atoms with Gasteiger partial charge in [-0.1, -0.05) is 40.7 Å². The highest BCUT2D eigenvalue weighted by Crippen LogP contribution is 2.26. The van der Waals surface area contributed by atoms with Crippen molar-refractivity contribution in [2.75, 3.05) is 0 Å². The Balaban J connectivity index is 4.37. The number of rotatable bonds is 5. The molecule has 0 spiro atoms. The van der Waals surface area contributed by atoms with Gasteiger partial charge in [0.05, 0.1) is 0 Å². The van der Waals surface area contributed by atoms with E-state index in [2.05, 4.69) is 41.2 Å². The molecular weight excluding hydrogens is 172 g/mol. The number of ketones is 1. The highest BCUT2D eigenvalue weighted by Gasteiger charge is 2.24. The van der Waals surface area contributed by atoms with Crippen molar-refractivity contribution in [1.29, 1.82) is 0 Å². The summed E-state index contributed by atoms with van der Waals surface area (Å²) in [4.78, 5) is 11.9. The van der Waals surface area contributed by atoms with E-state index in [-0.39, 0.29) is 11.3 Å². The van der Waals surface area contributed by atoms with Gasteiger partial charge in [0, 0.05) is 12.3 Å². The fourth-order valence-electron chi connectivity index (χ4n) is 1.61. The maximum Gasteiger partial charge on any atom is 0.137 e. The molecule has 0 aromatic rings. The third kappa shape index (κ3) is 5.21. The minimum atomic E-state index is 0.103. The van der Waals surface area contributed by atoms with Crippen molar-refractivity contribution in [2.45, 2.75) is 47.5 Å². The summed E-state index contributed by atoms with van der Waals surface area (Å²) in [6.45, 7) is 14.2. The SMILES string of the molecule is C=CCC(C(=O)CC(C)(C)C)C(C)C. The van der Waals surface area contributed by atoms with Crippen LogP contribution in [0.3, 0.4) is 0 Å². The summed E-state index contributed by atoms with van der Waals surface area (Å²) in [6, 6.07) is 0. The largest absolute Gasteiger partial charge is 0.299 e. The van der Waals surface area contributed by atoms with Gasteiger partial charge in [-0.15, -0.1) is 6.58 Å². The van der Waals surface area contributed by atoms with E-state index < -0.39 is 0 Å². The summed E-state index contributed by atoms with van der Waals surface area (Å²) in [5.74, 6) is 0.960. The number of Topliss-reactive ketones (excluding diaryl/α,β-unsaturated/α-hetero) is 1. The Kier molecular flexibility index (Phi) is 5.11. The average Bonchev–Trinajstić information content (AvgIpc) is 1.95. The van der Waals surface area contributed by atoms with Crippen LogP contribution < -0.4 is 0 Å². The van der Waals surface area contributed by atoms with Crippen LogP contribution in [-0.2, 0) is 4.79 Å². The van der Waals surface area contributed by atoms with E-state index >= 15 is 0 Å². The maximum atomic E-state index is 11.9. The molecule has 1 heteroatoms. The van der Waals surface area contributed by atoms with Crippen LogP contribution in [0.15, 0.2) is 12.7 Å². The van der Waals surface area contributed by atoms with Crippen LogP contribution in [0.5, 0.6) is 0 Å². The Hall–Kier alpha value is -0.590. The summed E-state index contributed by atoms with van der Waals surface area (Å²) in [7, 11) is 0. The van der Waals surface area contributed by atoms with E-state index in [0.29, 0.717) is 18.1 Å². The summed E-state index contributed by atoms with van der Waals surface area (Å²) in [5, 5.41) is 0. The van der Waals surface area contributed by atoms with E-state index in [1.807, 2.05) is 6.08 Å². The highest BCUT2D eigenvalue weighted by atomic mass is 16.1. The van der Waals surface area contributed by atoms with Crippen LogP contribution in [0, 0.1) is 17.3 Å². The molecule has 0 aliphatic rings. The van der Waals surface area contributed by atoms with Gasteiger partial charge in [0.1, 0.15) is 5.78 Å². The molecule has 0 amide bonds. The van der Waals surface area contributed by atoms with Gasteiger partial charge in [-0.05, 0) is 17.8 Å². The molecule has 1 unspecified atom stereocenters. The van der Waals surface area contributed by atoms with Crippen LogP contribution in [-0.4, -0.2) is 5.78 Å². The molecule has 0 aromatic carbocycles. The van der Waals surface area contributed by atoms with E-state index in [0.717, 1.165) is 6.42 Å². The lowest BCUT2D eigenvalue weighted by Gasteiger charge is -2.23. The standard InChI is InChI=1S/C13H24O/c1-7-8-11(10(2)3)12(14)9-13(4,5)6/h7,10-11H,1,8-9H2,2-6H3. The average molecular weight is 196 g/mol. The van der Waals surface area contributed by atoms with E-state index in [4.69, 9.17) is 0 Å². The number of allylic oxidation sites excluding steroid dienone is 1. The molecule has 0 rings (SSSR count). The molecule has 0 saturated heterocycles. The van der Waals surface area contributed by atoms with Gasteiger partial charge in [0.15, 0.2) is 0 Å². The maximum absolute atomic E-state index is 11.9. The zero-order chi connectivity index (χ0) is 11.4. The second kappa shape index (κ2) is 5.33. The van der Waals surface area contributed by atoms with Crippen molar-refractivity contribution in [3.8, 4) is 0 Å². The molecule has 0 fully saturated rings. The van der Waals surface area contributed by atoms with Gasteiger partial charge in [-0.2, -0.15) is 0 Å². The van der Waals surface area contributed by atoms with Crippen molar-refractivity contribution in [1.82, 2.24) is 0 Å². The first-order valence-corrected chi connectivity index (χ1v) is 5.41. The molecule has 1 nitrogen and oxygen atoms in total. The van der Waals surface area contributed by atoms with Gasteiger partial charge < -0.3 is 0 Å². The van der Waals surface area contributed by atoms with E-state index in [9.17, 15) is 4.79 Å². The fourth-order valence-corrected chi connectivity index (χ4v) is 1.61. The van der Waals surface area contributed by atoms with E-state index in [1.54, 1.807) is 0 Å². The second-order valence-corrected chi connectivity index (χ2v) is 5.58. The van der Waals surface area contributed by atoms with Crippen molar-refractivity contribution in [3.05, 3.63) is 12.7 Å². The van der Waals surface area contributed by atoms with Gasteiger partial charge in [0.2, 0.25) is 0 Å². The monoisotopic (exact) mass is 196 g/mol. The van der Waals surface area contributed by atoms with Crippen molar-refractivity contribution in [2.24, 2.45) is 17.3 Å². The van der Waals surface area contributed by atoms with Gasteiger partial charge in [0.25, 0.3) is 0 Å². The molecule has 0 aromatic heterocycles. The molecule has 1 atom stereocenters. The molecule has 0 radical (unpaired) electrons. The Bertz CT molecular complexity index is 196. The quantitative estimate of drug-likeness (QED) is 0.611. The van der Waals surface area contributed by atoms with Crippen LogP contribution in [0.4, 0.5) is 0 Å². The minimum Gasteiger partial charge on any atom is -0.299 e. The van der Waals surface area contributed by atoms with E-state index in [1.165, 1.54) is 0 Å². The fraction of sp³-hybridized carbons (Fsp3) is 0.769. The topological polar surface area (TPSA) is 17.1 Å². The molecule has 0 aliphatic carbocycles. The summed E-state index contributed by atoms with van der Waals surface area (Å²) in [6.07, 6.45) is 3.33. The molecular formula is C13H24O. The first-order valence-electron chi connectivity index (χ1n) is 5.41. The highest BCUT2D eigenvalue weighted by molar-refractivity contribution is 5.81. The summed E-state index contributed by atoms with van der Waals surface area (Å²) < 4.78 is 0. The molecule has 82 valence electrons. The van der Waals surface area contributed by atoms with Crippen LogP contribution >= 0.6 is 0 Å². The smallest absolute Gasteiger partial charge is 0.137 e. The van der Waals surface area contributed by atoms with Crippen molar-refractivity contribution < 1.29 is 4.79 Å². The lowest BCUT2D eigenvalue weighted by atomic mass is 9.80. The molecule has 14 heavy (non-hydrogen) atoms. The van der Waals surface area contributed by atoms with Crippen molar-refractivity contribution in [3.63, 3.8) is 0 Å². The zero-order valence-electron chi connectivity index (χ0n) is 10.3. The number of hydrogen-bond donors (Lipinski definition) is 0. The summed E-state index contributed by atoms with van der Waals surface area (Å²) in [5.41, 5.74) is 0.103. The normalized spacial score (nSPS) is 14.1. The zero-order valence-corrected chi connectivity index (χ0v) is 10.3. The van der Waals surface area contributed by atoms with Gasteiger partial charge in [-0.25, -0.2) is 0 Å². The van der Waals surface area contributed by atoms with Crippen LogP contribution in [0.1, 0.15) is 47.5 Å². The molecule has 0 heterocycles. The Morgan fingerprint density at radius 1 is 1.36 bits per heavy atom. The molecule has 0 N–H and O–H groups in total. The molecule has 0 bridgehead atoms. The van der Waals surface area contributed by atoms with Gasteiger partial charge in [-0.3, -0.25) is 4.79 Å². The summed E-state index contributed by atoms with van der Waals surface area (Å²) >= 11 is 0. The minimum absolute atomic E-state index is 0.103. The Morgan fingerprint density at radius 3 is 2.14 bits per heavy atom. The predicted molar refractivity (Wildman–Crippen MR) is 62.2 cm³/mol. The van der Waals surface area contributed by atoms with Crippen LogP contribution in [0.25, 0.3) is 0 Å². The third-order valence-corrected chi connectivity index (χ3v) is 2.34. The van der Waals surface area contributed by atoms with Crippen molar-refractivity contribution >= 4 is 5.78 Å². The van der Waals surface area contributed by atoms with Gasteiger partial charge >= 0.3 is 0 Å². The third-order valence-electron chi connectivity index (χ3n) is 2.34. The lowest BCUT2D eigenvalue weighted by molar-refractivity contribution is -0.125. The first kappa shape index (κ1) is 13.4. The predicted octanol–water partition coefficient (Wildman–Crippen LogP) is 3.84. The Labute approximate surface area is 88.6 Å². The Morgan fingerprint density at radius 2 is 1.86 bits per heavy atom. The number of carbonyl (C=O) groups excluding carboxylic acids is 1. The van der Waals surface area contributed by atoms with Crippen LogP contribution in [0.2, 0.25) is 0 Å².